The van der Waals surface area contributed by atoms with E-state index in [1.54, 1.807) is 0 Å². The Kier molecular flexibility index (Phi) is 5.17. The summed E-state index contributed by atoms with van der Waals surface area (Å²) in [6.45, 7) is 10.0. The van der Waals surface area contributed by atoms with E-state index in [0.29, 0.717) is 0 Å². The van der Waals surface area contributed by atoms with Crippen LogP contribution in [-0.4, -0.2) is 25.9 Å². The van der Waals surface area contributed by atoms with Gasteiger partial charge in [0.15, 0.2) is 0 Å². The van der Waals surface area contributed by atoms with Crippen LogP contribution < -0.4 is 0 Å². The van der Waals surface area contributed by atoms with Crippen molar-refractivity contribution in [3.63, 3.8) is 0 Å². The Balaban J connectivity index is 0.000000165. The van der Waals surface area contributed by atoms with Crippen LogP contribution in [0.5, 0.6) is 0 Å². The third-order valence-corrected chi connectivity index (χ3v) is 5.65. The van der Waals surface area contributed by atoms with Gasteiger partial charge in [0.2, 0.25) is 0 Å². The van der Waals surface area contributed by atoms with Gasteiger partial charge in [-0.05, 0) is 25.9 Å². The average molecular weight is 213 g/mol. The molecule has 0 aromatic carbocycles. The molecule has 1 saturated heterocycles. The van der Waals surface area contributed by atoms with Gasteiger partial charge in [-0.3, -0.25) is 0 Å². The van der Waals surface area contributed by atoms with E-state index in [-0.39, 0.29) is 0 Å². The molecule has 0 atom stereocenters. The van der Waals surface area contributed by atoms with Crippen LogP contribution in [0.25, 0.3) is 0 Å². The normalized spacial score (nSPS) is 23.4. The van der Waals surface area contributed by atoms with Crippen molar-refractivity contribution < 1.29 is 0 Å². The Morgan fingerprint density at radius 1 is 0.643 bits per heavy atom. The summed E-state index contributed by atoms with van der Waals surface area (Å²) in [5, 5.41) is 0. The van der Waals surface area contributed by atoms with E-state index in [0.717, 1.165) is 0 Å². The lowest BCUT2D eigenvalue weighted by atomic mass is 10.4. The SMILES string of the molecule is C1CCCC1.C[Si](C)(C)N1CCCC1. The maximum atomic E-state index is 2.69. The summed E-state index contributed by atoms with van der Waals surface area (Å²) in [5.41, 5.74) is 0. The molecule has 0 N–H and O–H groups in total. The molecular formula is C12H27NSi. The lowest BCUT2D eigenvalue weighted by Crippen LogP contribution is -2.43. The Labute approximate surface area is 91.0 Å². The number of hydrogen-bond donors (Lipinski definition) is 0. The Morgan fingerprint density at radius 2 is 1.00 bits per heavy atom. The fourth-order valence-electron chi connectivity index (χ4n) is 2.27. The summed E-state index contributed by atoms with van der Waals surface area (Å²) in [4.78, 5) is 0. The van der Waals surface area contributed by atoms with Gasteiger partial charge in [0.05, 0.1) is 0 Å². The zero-order valence-electron chi connectivity index (χ0n) is 10.3. The topological polar surface area (TPSA) is 3.24 Å². The third kappa shape index (κ3) is 4.60. The Hall–Kier alpha value is 0.177. The highest BCUT2D eigenvalue weighted by molar-refractivity contribution is 6.73. The first-order chi connectivity index (χ1) is 6.61. The molecule has 2 fully saturated rings. The van der Waals surface area contributed by atoms with Gasteiger partial charge in [-0.25, -0.2) is 0 Å². The van der Waals surface area contributed by atoms with Crippen molar-refractivity contribution >= 4 is 8.24 Å². The van der Waals surface area contributed by atoms with Gasteiger partial charge in [-0.1, -0.05) is 51.7 Å². The fraction of sp³-hybridized carbons (Fsp3) is 1.00. The molecule has 0 amide bonds. The molecule has 0 spiro atoms. The summed E-state index contributed by atoms with van der Waals surface area (Å²) in [6, 6.07) is 0. The van der Waals surface area contributed by atoms with Gasteiger partial charge in [0.1, 0.15) is 8.24 Å². The van der Waals surface area contributed by atoms with Crippen LogP contribution in [0.2, 0.25) is 19.6 Å². The van der Waals surface area contributed by atoms with Gasteiger partial charge < -0.3 is 4.57 Å². The van der Waals surface area contributed by atoms with Crippen LogP contribution in [-0.2, 0) is 0 Å². The largest absolute Gasteiger partial charge is 0.324 e. The van der Waals surface area contributed by atoms with Crippen molar-refractivity contribution in [1.82, 2.24) is 4.57 Å². The summed E-state index contributed by atoms with van der Waals surface area (Å²) in [6.07, 6.45) is 10.4. The van der Waals surface area contributed by atoms with E-state index in [2.05, 4.69) is 24.2 Å². The van der Waals surface area contributed by atoms with E-state index in [9.17, 15) is 0 Å². The van der Waals surface area contributed by atoms with Gasteiger partial charge in [0.25, 0.3) is 0 Å². The number of nitrogens with zero attached hydrogens (tertiary/aromatic N) is 1. The zero-order valence-corrected chi connectivity index (χ0v) is 11.3. The lowest BCUT2D eigenvalue weighted by molar-refractivity contribution is 0.524. The van der Waals surface area contributed by atoms with Crippen LogP contribution in [0, 0.1) is 0 Å². The van der Waals surface area contributed by atoms with E-state index in [1.807, 2.05) is 0 Å². The molecule has 0 unspecified atom stereocenters. The lowest BCUT2D eigenvalue weighted by Gasteiger charge is -2.28. The standard InChI is InChI=1S/C7H17NSi.C5H10/c1-9(2,3)8-6-4-5-7-8;1-2-4-5-3-1/h4-7H2,1-3H3;1-5H2. The molecule has 0 radical (unpaired) electrons. The van der Waals surface area contributed by atoms with Crippen molar-refractivity contribution in [2.75, 3.05) is 13.1 Å². The van der Waals surface area contributed by atoms with E-state index in [1.165, 1.54) is 58.0 Å². The predicted octanol–water partition coefficient (Wildman–Crippen LogP) is 3.87. The van der Waals surface area contributed by atoms with Crippen molar-refractivity contribution in [2.24, 2.45) is 0 Å². The number of hydrogen-bond acceptors (Lipinski definition) is 1. The molecule has 1 heterocycles. The predicted molar refractivity (Wildman–Crippen MR) is 67.2 cm³/mol. The quantitative estimate of drug-likeness (QED) is 0.598. The maximum Gasteiger partial charge on any atom is 0.119 e. The molecule has 84 valence electrons. The first kappa shape index (κ1) is 12.2. The molecule has 2 heteroatoms. The molecule has 1 aliphatic carbocycles. The summed E-state index contributed by atoms with van der Waals surface area (Å²) in [5.74, 6) is 0. The van der Waals surface area contributed by atoms with Crippen molar-refractivity contribution in [3.8, 4) is 0 Å². The summed E-state index contributed by atoms with van der Waals surface area (Å²) >= 11 is 0. The van der Waals surface area contributed by atoms with Crippen molar-refractivity contribution in [1.29, 1.82) is 0 Å². The van der Waals surface area contributed by atoms with E-state index < -0.39 is 8.24 Å². The smallest absolute Gasteiger partial charge is 0.119 e. The van der Waals surface area contributed by atoms with Crippen LogP contribution in [0.3, 0.4) is 0 Å². The fourth-order valence-corrected chi connectivity index (χ4v) is 3.93. The van der Waals surface area contributed by atoms with Gasteiger partial charge in [-0.2, -0.15) is 0 Å². The highest BCUT2D eigenvalue weighted by Crippen LogP contribution is 2.16. The van der Waals surface area contributed by atoms with Crippen molar-refractivity contribution in [3.05, 3.63) is 0 Å². The first-order valence-corrected chi connectivity index (χ1v) is 9.80. The molecular weight excluding hydrogens is 186 g/mol. The third-order valence-electron chi connectivity index (χ3n) is 3.30. The molecule has 0 bridgehead atoms. The minimum absolute atomic E-state index is 0.891. The van der Waals surface area contributed by atoms with E-state index in [4.69, 9.17) is 0 Å². The molecule has 0 aromatic heterocycles. The molecule has 1 nitrogen and oxygen atoms in total. The van der Waals surface area contributed by atoms with Crippen LogP contribution in [0.4, 0.5) is 0 Å². The second kappa shape index (κ2) is 5.91. The second-order valence-electron chi connectivity index (χ2n) is 5.63. The van der Waals surface area contributed by atoms with Crippen LogP contribution >= 0.6 is 0 Å². The monoisotopic (exact) mass is 213 g/mol. The highest BCUT2D eigenvalue weighted by Gasteiger charge is 2.25. The molecule has 1 saturated carbocycles. The molecule has 14 heavy (non-hydrogen) atoms. The van der Waals surface area contributed by atoms with Gasteiger partial charge in [0, 0.05) is 0 Å². The highest BCUT2D eigenvalue weighted by atomic mass is 28.3. The second-order valence-corrected chi connectivity index (χ2v) is 10.6. The van der Waals surface area contributed by atoms with Crippen LogP contribution in [0.15, 0.2) is 0 Å². The van der Waals surface area contributed by atoms with Crippen LogP contribution in [0.1, 0.15) is 44.9 Å². The Bertz CT molecular complexity index is 133. The van der Waals surface area contributed by atoms with Gasteiger partial charge >= 0.3 is 0 Å². The average Bonchev–Trinajstić information content (AvgIpc) is 2.80. The maximum absolute atomic E-state index is 2.69. The van der Waals surface area contributed by atoms with Gasteiger partial charge in [-0.15, -0.1) is 0 Å². The van der Waals surface area contributed by atoms with E-state index >= 15 is 0 Å². The zero-order chi connectivity index (χ0) is 10.4. The first-order valence-electron chi connectivity index (χ1n) is 6.36. The summed E-state index contributed by atoms with van der Waals surface area (Å²) in [7, 11) is -0.891. The van der Waals surface area contributed by atoms with Crippen molar-refractivity contribution in [2.45, 2.75) is 64.6 Å². The molecule has 2 rings (SSSR count). The Morgan fingerprint density at radius 3 is 1.21 bits per heavy atom. The molecule has 0 aromatic rings. The molecule has 2 aliphatic rings. The minimum Gasteiger partial charge on any atom is -0.324 e. The minimum atomic E-state index is -0.891. The number of rotatable bonds is 1. The molecule has 1 aliphatic heterocycles. The summed E-state index contributed by atoms with van der Waals surface area (Å²) < 4.78 is 2.69.